The fourth-order valence-electron chi connectivity index (χ4n) is 2.08. The lowest BCUT2D eigenvalue weighted by Gasteiger charge is -2.08. The van der Waals surface area contributed by atoms with E-state index in [0.717, 1.165) is 25.7 Å². The Kier molecular flexibility index (Phi) is 6.56. The predicted octanol–water partition coefficient (Wildman–Crippen LogP) is 5.86. The monoisotopic (exact) mass is 449 g/mol. The third kappa shape index (κ3) is 5.25. The van der Waals surface area contributed by atoms with Crippen molar-refractivity contribution in [3.05, 3.63) is 70.0 Å². The highest BCUT2D eigenvalue weighted by atomic mass is 79.9. The average Bonchev–Trinajstić information content (AvgIpc) is 3.11. The van der Waals surface area contributed by atoms with Crippen LogP contribution in [0.15, 0.2) is 70.0 Å². The molecule has 3 aromatic rings. The molecule has 3 N–H and O–H groups in total. The molecule has 0 radical (unpaired) electrons. The lowest BCUT2D eigenvalue weighted by Crippen LogP contribution is -2.10. The Morgan fingerprint density at radius 3 is 2.65 bits per heavy atom. The first-order chi connectivity index (χ1) is 12.6. The second kappa shape index (κ2) is 9.09. The Morgan fingerprint density at radius 1 is 1.08 bits per heavy atom. The zero-order chi connectivity index (χ0) is 18.4. The summed E-state index contributed by atoms with van der Waals surface area (Å²) in [6.45, 7) is 0. The van der Waals surface area contributed by atoms with E-state index in [0.29, 0.717) is 4.88 Å². The van der Waals surface area contributed by atoms with Crippen molar-refractivity contribution in [3.8, 4) is 0 Å². The van der Waals surface area contributed by atoms with E-state index in [2.05, 4.69) is 31.4 Å². The van der Waals surface area contributed by atoms with E-state index >= 15 is 0 Å². The standard InChI is InChI=1S/C18H16BrN3O2S2/c1-24-21-17-10-9-16(25-17)18(23)20-14-3-2-4-15(11-14)26-22-13-7-5-12(19)6-8-13/h2-11,21-22H,1H3,(H,20,23). The number of halogens is 1. The van der Waals surface area contributed by atoms with Gasteiger partial charge in [-0.1, -0.05) is 22.0 Å². The Hall–Kier alpha value is -2.00. The zero-order valence-corrected chi connectivity index (χ0v) is 17.0. The van der Waals surface area contributed by atoms with Crippen LogP contribution in [0.25, 0.3) is 0 Å². The average molecular weight is 450 g/mol. The maximum atomic E-state index is 12.4. The van der Waals surface area contributed by atoms with Crippen molar-refractivity contribution in [2.24, 2.45) is 0 Å². The third-order valence-corrected chi connectivity index (χ3v) is 5.59. The van der Waals surface area contributed by atoms with Crippen molar-refractivity contribution in [1.29, 1.82) is 0 Å². The molecule has 1 aromatic heterocycles. The molecule has 0 saturated heterocycles. The number of hydrogen-bond acceptors (Lipinski definition) is 6. The van der Waals surface area contributed by atoms with Crippen molar-refractivity contribution in [2.45, 2.75) is 4.90 Å². The van der Waals surface area contributed by atoms with Gasteiger partial charge in [-0.15, -0.1) is 11.3 Å². The second-order valence-electron chi connectivity index (χ2n) is 5.16. The van der Waals surface area contributed by atoms with Crippen molar-refractivity contribution in [3.63, 3.8) is 0 Å². The molecule has 0 aliphatic heterocycles. The van der Waals surface area contributed by atoms with Crippen molar-refractivity contribution >= 4 is 61.5 Å². The molecule has 8 heteroatoms. The first-order valence-electron chi connectivity index (χ1n) is 7.63. The number of amides is 1. The minimum absolute atomic E-state index is 0.151. The van der Waals surface area contributed by atoms with Gasteiger partial charge in [-0.05, 0) is 66.5 Å². The molecule has 0 unspecified atom stereocenters. The van der Waals surface area contributed by atoms with E-state index in [4.69, 9.17) is 4.84 Å². The second-order valence-corrected chi connectivity index (χ2v) is 8.04. The number of benzene rings is 2. The molecule has 26 heavy (non-hydrogen) atoms. The van der Waals surface area contributed by atoms with Crippen LogP contribution in [-0.4, -0.2) is 13.0 Å². The quantitative estimate of drug-likeness (QED) is 0.311. The summed E-state index contributed by atoms with van der Waals surface area (Å²) in [6.07, 6.45) is 0. The van der Waals surface area contributed by atoms with E-state index in [9.17, 15) is 4.79 Å². The van der Waals surface area contributed by atoms with Crippen LogP contribution >= 0.6 is 39.2 Å². The van der Waals surface area contributed by atoms with Gasteiger partial charge in [0.25, 0.3) is 5.91 Å². The van der Waals surface area contributed by atoms with E-state index in [1.54, 1.807) is 12.1 Å². The Morgan fingerprint density at radius 2 is 1.88 bits per heavy atom. The number of carbonyl (C=O) groups is 1. The van der Waals surface area contributed by atoms with Gasteiger partial charge in [0.15, 0.2) is 0 Å². The molecule has 3 rings (SSSR count). The van der Waals surface area contributed by atoms with Gasteiger partial charge >= 0.3 is 0 Å². The van der Waals surface area contributed by atoms with Crippen LogP contribution in [0, 0.1) is 0 Å². The first kappa shape index (κ1) is 18.8. The van der Waals surface area contributed by atoms with Gasteiger partial charge in [0.1, 0.15) is 5.00 Å². The molecule has 0 spiro atoms. The van der Waals surface area contributed by atoms with Crippen LogP contribution in [0.5, 0.6) is 0 Å². The molecule has 134 valence electrons. The van der Waals surface area contributed by atoms with Gasteiger partial charge in [0.2, 0.25) is 0 Å². The SMILES string of the molecule is CONc1ccc(C(=O)Nc2cccc(SNc3ccc(Br)cc3)c2)s1. The van der Waals surface area contributed by atoms with Gasteiger partial charge in [0, 0.05) is 20.7 Å². The predicted molar refractivity (Wildman–Crippen MR) is 113 cm³/mol. The molecule has 5 nitrogen and oxygen atoms in total. The molecular weight excluding hydrogens is 434 g/mol. The molecule has 0 saturated carbocycles. The number of anilines is 3. The topological polar surface area (TPSA) is 62.4 Å². The highest BCUT2D eigenvalue weighted by Gasteiger charge is 2.10. The molecule has 0 aliphatic rings. The highest BCUT2D eigenvalue weighted by molar-refractivity contribution is 9.10. The number of thiophene rings is 1. The highest BCUT2D eigenvalue weighted by Crippen LogP contribution is 2.26. The summed E-state index contributed by atoms with van der Waals surface area (Å²) in [7, 11) is 1.53. The maximum Gasteiger partial charge on any atom is 0.265 e. The molecular formula is C18H16BrN3O2S2. The van der Waals surface area contributed by atoms with E-state index in [-0.39, 0.29) is 5.91 Å². The Bertz CT molecular complexity index is 884. The summed E-state index contributed by atoms with van der Waals surface area (Å²) in [5.41, 5.74) is 4.46. The van der Waals surface area contributed by atoms with Crippen molar-refractivity contribution in [2.75, 3.05) is 22.6 Å². The number of nitrogens with one attached hydrogen (secondary N) is 3. The first-order valence-corrected chi connectivity index (χ1v) is 10.1. The summed E-state index contributed by atoms with van der Waals surface area (Å²) in [4.78, 5) is 18.8. The lowest BCUT2D eigenvalue weighted by molar-refractivity contribution is 0.103. The van der Waals surface area contributed by atoms with Gasteiger partial charge in [0.05, 0.1) is 12.0 Å². The Balaban J connectivity index is 1.61. The molecule has 0 aliphatic carbocycles. The minimum Gasteiger partial charge on any atom is -0.326 e. The summed E-state index contributed by atoms with van der Waals surface area (Å²) < 4.78 is 4.32. The number of rotatable bonds is 7. The maximum absolute atomic E-state index is 12.4. The van der Waals surface area contributed by atoms with Crippen LogP contribution in [0.2, 0.25) is 0 Å². The van der Waals surface area contributed by atoms with Crippen LogP contribution < -0.4 is 15.5 Å². The third-order valence-electron chi connectivity index (χ3n) is 3.26. The summed E-state index contributed by atoms with van der Waals surface area (Å²) in [5.74, 6) is -0.151. The molecule has 0 bridgehead atoms. The van der Waals surface area contributed by atoms with Crippen molar-refractivity contribution in [1.82, 2.24) is 0 Å². The minimum atomic E-state index is -0.151. The lowest BCUT2D eigenvalue weighted by atomic mass is 10.3. The molecule has 1 amide bonds. The number of carbonyl (C=O) groups excluding carboxylic acids is 1. The van der Waals surface area contributed by atoms with Crippen molar-refractivity contribution < 1.29 is 9.63 Å². The molecule has 0 atom stereocenters. The van der Waals surface area contributed by atoms with E-state index in [1.165, 1.54) is 30.4 Å². The van der Waals surface area contributed by atoms with Gasteiger partial charge < -0.3 is 10.0 Å². The van der Waals surface area contributed by atoms with Gasteiger partial charge in [-0.2, -0.15) is 0 Å². The molecule has 1 heterocycles. The fourth-order valence-corrected chi connectivity index (χ4v) is 3.83. The Labute approximate surface area is 168 Å². The van der Waals surface area contributed by atoms with Crippen LogP contribution in [-0.2, 0) is 4.84 Å². The molecule has 0 fully saturated rings. The van der Waals surface area contributed by atoms with Gasteiger partial charge in [-0.25, -0.2) is 0 Å². The smallest absolute Gasteiger partial charge is 0.265 e. The summed E-state index contributed by atoms with van der Waals surface area (Å²) in [6, 6.07) is 19.2. The zero-order valence-electron chi connectivity index (χ0n) is 13.8. The summed E-state index contributed by atoms with van der Waals surface area (Å²) in [5, 5.41) is 3.69. The van der Waals surface area contributed by atoms with Gasteiger partial charge in [-0.3, -0.25) is 15.1 Å². The van der Waals surface area contributed by atoms with E-state index in [1.807, 2.05) is 48.5 Å². The fraction of sp³-hybridized carbons (Fsp3) is 0.0556. The van der Waals surface area contributed by atoms with E-state index < -0.39 is 0 Å². The van der Waals surface area contributed by atoms with Crippen LogP contribution in [0.4, 0.5) is 16.4 Å². The van der Waals surface area contributed by atoms with Crippen LogP contribution in [0.3, 0.4) is 0 Å². The molecule has 2 aromatic carbocycles. The summed E-state index contributed by atoms with van der Waals surface area (Å²) >= 11 is 6.23. The van der Waals surface area contributed by atoms with Crippen LogP contribution in [0.1, 0.15) is 9.67 Å². The largest absolute Gasteiger partial charge is 0.326 e. The number of hydrogen-bond donors (Lipinski definition) is 3. The normalized spacial score (nSPS) is 10.4.